The highest BCUT2D eigenvalue weighted by Gasteiger charge is 2.14. The van der Waals surface area contributed by atoms with Gasteiger partial charge in [-0.15, -0.1) is 0 Å². The summed E-state index contributed by atoms with van der Waals surface area (Å²) in [5.74, 6) is 6.15. The lowest BCUT2D eigenvalue weighted by Crippen LogP contribution is -2.31. The summed E-state index contributed by atoms with van der Waals surface area (Å²) in [7, 11) is 3.20. The number of carbonyl (C=O) groups excluding carboxylic acids is 1. The summed E-state index contributed by atoms with van der Waals surface area (Å²) in [5.41, 5.74) is 4.93. The summed E-state index contributed by atoms with van der Waals surface area (Å²) < 4.78 is 10.3. The van der Waals surface area contributed by atoms with Crippen molar-refractivity contribution >= 4 is 5.91 Å². The Bertz CT molecular complexity index is 843. The van der Waals surface area contributed by atoms with Crippen LogP contribution in [0.15, 0.2) is 54.6 Å². The van der Waals surface area contributed by atoms with Gasteiger partial charge in [0.1, 0.15) is 11.5 Å². The second-order valence-electron chi connectivity index (χ2n) is 5.39. The number of hydrogen-bond acceptors (Lipinski definition) is 6. The van der Waals surface area contributed by atoms with E-state index in [1.54, 1.807) is 14.2 Å². The molecule has 1 heterocycles. The molecule has 2 aromatic carbocycles. The summed E-state index contributed by atoms with van der Waals surface area (Å²) in [6, 6.07) is 16.6. The highest BCUT2D eigenvalue weighted by Crippen LogP contribution is 2.26. The van der Waals surface area contributed by atoms with E-state index >= 15 is 0 Å². The first-order valence-corrected chi connectivity index (χ1v) is 7.83. The Morgan fingerprint density at radius 3 is 1.62 bits per heavy atom. The van der Waals surface area contributed by atoms with Gasteiger partial charge < -0.3 is 9.47 Å². The van der Waals surface area contributed by atoms with E-state index in [1.165, 1.54) is 0 Å². The second-order valence-corrected chi connectivity index (χ2v) is 5.39. The zero-order valence-corrected chi connectivity index (χ0v) is 14.4. The molecule has 3 rings (SSSR count). The molecule has 26 heavy (non-hydrogen) atoms. The average Bonchev–Trinajstić information content (AvgIpc) is 2.73. The van der Waals surface area contributed by atoms with Crippen LogP contribution < -0.4 is 20.7 Å². The fourth-order valence-electron chi connectivity index (χ4n) is 2.43. The molecule has 0 aliphatic carbocycles. The van der Waals surface area contributed by atoms with Gasteiger partial charge in [0.15, 0.2) is 0 Å². The first-order valence-electron chi connectivity index (χ1n) is 7.83. The fourth-order valence-corrected chi connectivity index (χ4v) is 2.43. The van der Waals surface area contributed by atoms with Crippen molar-refractivity contribution in [2.75, 3.05) is 14.2 Å². The largest absolute Gasteiger partial charge is 0.497 e. The van der Waals surface area contributed by atoms with Gasteiger partial charge >= 0.3 is 5.91 Å². The normalized spacial score (nSPS) is 10.3. The number of carbonyl (C=O) groups is 1. The van der Waals surface area contributed by atoms with E-state index in [9.17, 15) is 4.79 Å². The molecule has 0 atom stereocenters. The van der Waals surface area contributed by atoms with Gasteiger partial charge in [-0.3, -0.25) is 10.2 Å². The molecule has 0 radical (unpaired) electrons. The number of nitrogens with one attached hydrogen (secondary N) is 1. The topological polar surface area (TPSA) is 99.4 Å². The minimum Gasteiger partial charge on any atom is -0.497 e. The smallest absolute Gasteiger partial charge is 0.302 e. The van der Waals surface area contributed by atoms with Gasteiger partial charge in [0.2, 0.25) is 5.82 Å². The molecule has 0 fully saturated rings. The Morgan fingerprint density at radius 1 is 0.846 bits per heavy atom. The van der Waals surface area contributed by atoms with Gasteiger partial charge in [-0.1, -0.05) is 0 Å². The molecule has 1 amide bonds. The molecular weight excluding hydrogens is 332 g/mol. The standard InChI is InChI=1S/C19H18N4O3/c1-25-14-7-3-12(4-8-14)16-11-17(22-18(21-16)19(24)23-20)13-5-9-15(26-2)10-6-13/h3-11H,20H2,1-2H3,(H,23,24). The van der Waals surface area contributed by atoms with Gasteiger partial charge in [0.05, 0.1) is 25.6 Å². The van der Waals surface area contributed by atoms with E-state index in [1.807, 2.05) is 54.6 Å². The van der Waals surface area contributed by atoms with Crippen LogP contribution in [0.4, 0.5) is 0 Å². The number of hydrazine groups is 1. The first kappa shape index (κ1) is 17.4. The van der Waals surface area contributed by atoms with Crippen molar-refractivity contribution in [2.24, 2.45) is 5.84 Å². The molecule has 132 valence electrons. The molecule has 0 aliphatic heterocycles. The number of nitrogens with zero attached hydrogens (tertiary/aromatic N) is 2. The van der Waals surface area contributed by atoms with Crippen LogP contribution in [0.5, 0.6) is 11.5 Å². The maximum absolute atomic E-state index is 12.0. The van der Waals surface area contributed by atoms with Crippen LogP contribution in [0.3, 0.4) is 0 Å². The van der Waals surface area contributed by atoms with Gasteiger partial charge in [0.25, 0.3) is 0 Å². The number of rotatable bonds is 5. The van der Waals surface area contributed by atoms with E-state index in [4.69, 9.17) is 15.3 Å². The summed E-state index contributed by atoms with van der Waals surface area (Å²) in [6.07, 6.45) is 0. The van der Waals surface area contributed by atoms with Gasteiger partial charge in [0, 0.05) is 11.1 Å². The Hall–Kier alpha value is -3.45. The molecule has 0 spiro atoms. The van der Waals surface area contributed by atoms with Crippen LogP contribution in [-0.2, 0) is 0 Å². The summed E-state index contributed by atoms with van der Waals surface area (Å²) in [5, 5.41) is 0. The second kappa shape index (κ2) is 7.62. The predicted octanol–water partition coefficient (Wildman–Crippen LogP) is 2.43. The van der Waals surface area contributed by atoms with Crippen LogP contribution in [0.25, 0.3) is 22.5 Å². The SMILES string of the molecule is COc1ccc(-c2cc(-c3ccc(OC)cc3)nc(C(=O)NN)n2)cc1. The molecular formula is C19H18N4O3. The van der Waals surface area contributed by atoms with Crippen molar-refractivity contribution in [1.29, 1.82) is 0 Å². The van der Waals surface area contributed by atoms with Crippen LogP contribution in [-0.4, -0.2) is 30.1 Å². The summed E-state index contributed by atoms with van der Waals surface area (Å²) in [6.45, 7) is 0. The molecule has 0 unspecified atom stereocenters. The molecule has 7 heteroatoms. The molecule has 0 bridgehead atoms. The van der Waals surface area contributed by atoms with E-state index in [2.05, 4.69) is 15.4 Å². The molecule has 0 saturated carbocycles. The number of hydrogen-bond donors (Lipinski definition) is 2. The zero-order valence-electron chi connectivity index (χ0n) is 14.4. The van der Waals surface area contributed by atoms with E-state index in [0.717, 1.165) is 22.6 Å². The Balaban J connectivity index is 2.09. The van der Waals surface area contributed by atoms with Crippen molar-refractivity contribution in [3.8, 4) is 34.0 Å². The molecule has 3 aromatic rings. The number of methoxy groups -OCH3 is 2. The molecule has 0 saturated heterocycles. The monoisotopic (exact) mass is 350 g/mol. The average molecular weight is 350 g/mol. The van der Waals surface area contributed by atoms with Gasteiger partial charge in [-0.25, -0.2) is 15.8 Å². The predicted molar refractivity (Wildman–Crippen MR) is 97.7 cm³/mol. The lowest BCUT2D eigenvalue weighted by molar-refractivity contribution is 0.0943. The van der Waals surface area contributed by atoms with Crippen molar-refractivity contribution in [3.63, 3.8) is 0 Å². The molecule has 7 nitrogen and oxygen atoms in total. The van der Waals surface area contributed by atoms with Crippen LogP contribution in [0.2, 0.25) is 0 Å². The van der Waals surface area contributed by atoms with Crippen LogP contribution in [0, 0.1) is 0 Å². The Kier molecular flexibility index (Phi) is 5.09. The maximum atomic E-state index is 12.0. The molecule has 0 aliphatic rings. The molecule has 3 N–H and O–H groups in total. The number of nitrogens with two attached hydrogens (primary N) is 1. The van der Waals surface area contributed by atoms with Crippen LogP contribution >= 0.6 is 0 Å². The quantitative estimate of drug-likeness (QED) is 0.416. The molecule has 1 aromatic heterocycles. The lowest BCUT2D eigenvalue weighted by atomic mass is 10.1. The third-order valence-corrected chi connectivity index (χ3v) is 3.83. The summed E-state index contributed by atoms with van der Waals surface area (Å²) in [4.78, 5) is 20.6. The van der Waals surface area contributed by atoms with E-state index < -0.39 is 5.91 Å². The summed E-state index contributed by atoms with van der Waals surface area (Å²) >= 11 is 0. The van der Waals surface area contributed by atoms with E-state index in [-0.39, 0.29) is 5.82 Å². The van der Waals surface area contributed by atoms with Crippen molar-refractivity contribution in [2.45, 2.75) is 0 Å². The highest BCUT2D eigenvalue weighted by molar-refractivity contribution is 5.91. The minimum absolute atomic E-state index is 0.00774. The number of benzene rings is 2. The third-order valence-electron chi connectivity index (χ3n) is 3.83. The zero-order chi connectivity index (χ0) is 18.5. The Morgan fingerprint density at radius 2 is 1.27 bits per heavy atom. The van der Waals surface area contributed by atoms with Gasteiger partial charge in [-0.2, -0.15) is 0 Å². The highest BCUT2D eigenvalue weighted by atomic mass is 16.5. The third kappa shape index (κ3) is 3.62. The number of ether oxygens (including phenoxy) is 2. The number of aromatic nitrogens is 2. The van der Waals surface area contributed by atoms with Crippen molar-refractivity contribution in [3.05, 3.63) is 60.4 Å². The van der Waals surface area contributed by atoms with Crippen molar-refractivity contribution in [1.82, 2.24) is 15.4 Å². The van der Waals surface area contributed by atoms with Crippen molar-refractivity contribution < 1.29 is 14.3 Å². The minimum atomic E-state index is -0.560. The van der Waals surface area contributed by atoms with Crippen LogP contribution in [0.1, 0.15) is 10.6 Å². The van der Waals surface area contributed by atoms with E-state index in [0.29, 0.717) is 11.4 Å². The number of nitrogen functional groups attached to an aromatic ring is 1. The lowest BCUT2D eigenvalue weighted by Gasteiger charge is -2.09. The Labute approximate surface area is 150 Å². The fraction of sp³-hybridized carbons (Fsp3) is 0.105. The number of amides is 1. The first-order chi connectivity index (χ1) is 12.6. The van der Waals surface area contributed by atoms with Gasteiger partial charge in [-0.05, 0) is 54.6 Å². The maximum Gasteiger partial charge on any atom is 0.302 e.